The predicted molar refractivity (Wildman–Crippen MR) is 73.3 cm³/mol. The third-order valence-electron chi connectivity index (χ3n) is 2.23. The number of nitrogens with two attached hydrogens (primary N) is 1. The van der Waals surface area contributed by atoms with Crippen LogP contribution in [0.1, 0.15) is 5.56 Å². The van der Waals surface area contributed by atoms with E-state index in [4.69, 9.17) is 20.3 Å². The smallest absolute Gasteiger partial charge is 0.174 e. The third kappa shape index (κ3) is 4.35. The topological polar surface area (TPSA) is 64.7 Å². The summed E-state index contributed by atoms with van der Waals surface area (Å²) >= 11 is 3.40. The van der Waals surface area contributed by atoms with Gasteiger partial charge in [-0.15, -0.1) is 12.4 Å². The molecule has 0 aromatic heterocycles. The van der Waals surface area contributed by atoms with Crippen molar-refractivity contribution in [1.82, 2.24) is 0 Å². The van der Waals surface area contributed by atoms with Crippen molar-refractivity contribution in [2.45, 2.75) is 12.5 Å². The Morgan fingerprint density at radius 2 is 2.00 bits per heavy atom. The first-order valence-corrected chi connectivity index (χ1v) is 5.68. The normalized spacial score (nSPS) is 11.6. The van der Waals surface area contributed by atoms with Crippen LogP contribution >= 0.6 is 28.3 Å². The lowest BCUT2D eigenvalue weighted by molar-refractivity contribution is 0.265. The van der Waals surface area contributed by atoms with E-state index in [0.29, 0.717) is 17.9 Å². The summed E-state index contributed by atoms with van der Waals surface area (Å²) in [5, 5.41) is 8.90. The second kappa shape index (κ2) is 7.76. The molecule has 0 radical (unpaired) electrons. The second-order valence-corrected chi connectivity index (χ2v) is 4.31. The summed E-state index contributed by atoms with van der Waals surface area (Å²) < 4.78 is 11.2. The fraction of sp³-hybridized carbons (Fsp3) is 0.455. The minimum Gasteiger partial charge on any atom is -0.493 e. The van der Waals surface area contributed by atoms with Crippen LogP contribution in [-0.4, -0.2) is 32.0 Å². The maximum Gasteiger partial charge on any atom is 0.174 e. The molecule has 0 amide bonds. The zero-order valence-electron chi connectivity index (χ0n) is 9.77. The molecular weight excluding hydrogens is 309 g/mol. The first-order chi connectivity index (χ1) is 7.62. The molecule has 0 aliphatic rings. The molecule has 1 aromatic carbocycles. The molecule has 1 rings (SSSR count). The Bertz CT molecular complexity index is 363. The maximum absolute atomic E-state index is 8.90. The van der Waals surface area contributed by atoms with Crippen LogP contribution in [0.3, 0.4) is 0 Å². The summed E-state index contributed by atoms with van der Waals surface area (Å²) in [6, 6.07) is 3.51. The molecular formula is C11H17BrClNO3. The van der Waals surface area contributed by atoms with Crippen LogP contribution in [0.5, 0.6) is 11.5 Å². The number of halogens is 2. The van der Waals surface area contributed by atoms with Crippen LogP contribution in [0.4, 0.5) is 0 Å². The molecule has 17 heavy (non-hydrogen) atoms. The molecule has 98 valence electrons. The number of aliphatic hydroxyl groups excluding tert-OH is 1. The highest BCUT2D eigenvalue weighted by Gasteiger charge is 2.12. The maximum atomic E-state index is 8.90. The zero-order valence-corrected chi connectivity index (χ0v) is 12.2. The van der Waals surface area contributed by atoms with E-state index in [9.17, 15) is 0 Å². The molecule has 0 saturated carbocycles. The number of methoxy groups -OCH3 is 2. The van der Waals surface area contributed by atoms with Crippen LogP contribution in [0, 0.1) is 0 Å². The SMILES string of the molecule is COc1cc(CC(N)CO)cc(Br)c1OC.Cl. The van der Waals surface area contributed by atoms with Crippen LogP contribution < -0.4 is 15.2 Å². The average Bonchev–Trinajstić information content (AvgIpc) is 2.28. The van der Waals surface area contributed by atoms with Crippen molar-refractivity contribution in [3.63, 3.8) is 0 Å². The van der Waals surface area contributed by atoms with Crippen LogP contribution in [0.2, 0.25) is 0 Å². The van der Waals surface area contributed by atoms with Crippen LogP contribution in [0.25, 0.3) is 0 Å². The monoisotopic (exact) mass is 325 g/mol. The van der Waals surface area contributed by atoms with Gasteiger partial charge in [0.2, 0.25) is 0 Å². The van der Waals surface area contributed by atoms with E-state index in [2.05, 4.69) is 15.9 Å². The molecule has 0 heterocycles. The first-order valence-electron chi connectivity index (χ1n) is 4.89. The van der Waals surface area contributed by atoms with Crippen molar-refractivity contribution in [3.8, 4) is 11.5 Å². The van der Waals surface area contributed by atoms with E-state index in [-0.39, 0.29) is 25.1 Å². The van der Waals surface area contributed by atoms with Gasteiger partial charge in [0.05, 0.1) is 25.3 Å². The minimum absolute atomic E-state index is 0. The van der Waals surface area contributed by atoms with Crippen molar-refractivity contribution in [2.75, 3.05) is 20.8 Å². The summed E-state index contributed by atoms with van der Waals surface area (Å²) in [5.74, 6) is 1.31. The number of hydrogen-bond donors (Lipinski definition) is 2. The predicted octanol–water partition coefficient (Wildman–Crippen LogP) is 1.75. The fourth-order valence-corrected chi connectivity index (χ4v) is 2.11. The Hall–Kier alpha value is -0.490. The summed E-state index contributed by atoms with van der Waals surface area (Å²) in [5.41, 5.74) is 6.67. The average molecular weight is 327 g/mol. The van der Waals surface area contributed by atoms with Gasteiger partial charge >= 0.3 is 0 Å². The lowest BCUT2D eigenvalue weighted by Crippen LogP contribution is -2.26. The summed E-state index contributed by atoms with van der Waals surface area (Å²) in [7, 11) is 3.17. The van der Waals surface area contributed by atoms with Gasteiger partial charge in [0.25, 0.3) is 0 Å². The molecule has 1 aromatic rings. The molecule has 3 N–H and O–H groups in total. The Balaban J connectivity index is 0.00000256. The molecule has 0 aliphatic heterocycles. The Morgan fingerprint density at radius 1 is 1.35 bits per heavy atom. The zero-order chi connectivity index (χ0) is 12.1. The lowest BCUT2D eigenvalue weighted by atomic mass is 10.1. The van der Waals surface area contributed by atoms with E-state index >= 15 is 0 Å². The fourth-order valence-electron chi connectivity index (χ4n) is 1.46. The highest BCUT2D eigenvalue weighted by atomic mass is 79.9. The summed E-state index contributed by atoms with van der Waals surface area (Å²) in [6.07, 6.45) is 0.593. The molecule has 6 heteroatoms. The van der Waals surface area contributed by atoms with Gasteiger partial charge in [0.1, 0.15) is 0 Å². The van der Waals surface area contributed by atoms with Crippen LogP contribution in [-0.2, 0) is 6.42 Å². The van der Waals surface area contributed by atoms with Gasteiger partial charge in [0, 0.05) is 6.04 Å². The van der Waals surface area contributed by atoms with Gasteiger partial charge in [-0.25, -0.2) is 0 Å². The number of ether oxygens (including phenoxy) is 2. The number of rotatable bonds is 5. The van der Waals surface area contributed by atoms with Crippen molar-refractivity contribution < 1.29 is 14.6 Å². The van der Waals surface area contributed by atoms with Crippen molar-refractivity contribution in [3.05, 3.63) is 22.2 Å². The highest BCUT2D eigenvalue weighted by molar-refractivity contribution is 9.10. The molecule has 0 fully saturated rings. The lowest BCUT2D eigenvalue weighted by Gasteiger charge is -2.13. The van der Waals surface area contributed by atoms with E-state index < -0.39 is 0 Å². The molecule has 4 nitrogen and oxygen atoms in total. The Labute approximate surface area is 116 Å². The van der Waals surface area contributed by atoms with Gasteiger partial charge in [-0.2, -0.15) is 0 Å². The number of hydrogen-bond acceptors (Lipinski definition) is 4. The molecule has 0 saturated heterocycles. The van der Waals surface area contributed by atoms with E-state index in [1.54, 1.807) is 14.2 Å². The number of benzene rings is 1. The summed E-state index contributed by atoms with van der Waals surface area (Å²) in [6.45, 7) is -0.0358. The molecule has 1 unspecified atom stereocenters. The van der Waals surface area contributed by atoms with E-state index in [1.807, 2.05) is 12.1 Å². The quantitative estimate of drug-likeness (QED) is 0.865. The molecule has 0 aliphatic carbocycles. The second-order valence-electron chi connectivity index (χ2n) is 3.46. The molecule has 0 spiro atoms. The van der Waals surface area contributed by atoms with Gasteiger partial charge in [-0.05, 0) is 40.0 Å². The van der Waals surface area contributed by atoms with Gasteiger partial charge in [-0.1, -0.05) is 0 Å². The first kappa shape index (κ1) is 16.5. The summed E-state index contributed by atoms with van der Waals surface area (Å²) in [4.78, 5) is 0. The van der Waals surface area contributed by atoms with Crippen molar-refractivity contribution in [1.29, 1.82) is 0 Å². The molecule has 0 bridgehead atoms. The number of aliphatic hydroxyl groups is 1. The standard InChI is InChI=1S/C11H16BrNO3.ClH/c1-15-10-5-7(3-8(13)6-14)4-9(12)11(10)16-2;/h4-5,8,14H,3,6,13H2,1-2H3;1H. The van der Waals surface area contributed by atoms with E-state index in [1.165, 1.54) is 0 Å². The Morgan fingerprint density at radius 3 is 2.47 bits per heavy atom. The minimum atomic E-state index is -0.259. The third-order valence-corrected chi connectivity index (χ3v) is 2.81. The largest absolute Gasteiger partial charge is 0.493 e. The Kier molecular flexibility index (Phi) is 7.54. The van der Waals surface area contributed by atoms with Crippen molar-refractivity contribution >= 4 is 28.3 Å². The highest BCUT2D eigenvalue weighted by Crippen LogP contribution is 2.36. The molecule has 1 atom stereocenters. The van der Waals surface area contributed by atoms with Crippen LogP contribution in [0.15, 0.2) is 16.6 Å². The van der Waals surface area contributed by atoms with Gasteiger partial charge in [-0.3, -0.25) is 0 Å². The van der Waals surface area contributed by atoms with Crippen molar-refractivity contribution in [2.24, 2.45) is 5.73 Å². The van der Waals surface area contributed by atoms with Gasteiger partial charge in [0.15, 0.2) is 11.5 Å². The van der Waals surface area contributed by atoms with Gasteiger partial charge < -0.3 is 20.3 Å². The van der Waals surface area contributed by atoms with E-state index in [0.717, 1.165) is 10.0 Å².